The molecule has 32 heavy (non-hydrogen) atoms. The Hall–Kier alpha value is -3.32. The molecule has 1 aliphatic heterocycles. The molecule has 2 aromatic rings. The van der Waals surface area contributed by atoms with Crippen molar-refractivity contribution in [2.75, 3.05) is 0 Å². The first kappa shape index (κ1) is 23.3. The number of amides is 1. The molecule has 0 aliphatic carbocycles. The summed E-state index contributed by atoms with van der Waals surface area (Å²) in [6.07, 6.45) is 0.273. The van der Waals surface area contributed by atoms with Gasteiger partial charge in [-0.3, -0.25) is 9.69 Å². The van der Waals surface area contributed by atoms with Crippen molar-refractivity contribution in [2.24, 2.45) is 0 Å². The van der Waals surface area contributed by atoms with Crippen LogP contribution >= 0.6 is 11.6 Å². The van der Waals surface area contributed by atoms with Gasteiger partial charge in [-0.25, -0.2) is 4.39 Å². The largest absolute Gasteiger partial charge is 0.512 e. The number of nitrogens with zero attached hydrogens (tertiary/aromatic N) is 1. The summed E-state index contributed by atoms with van der Waals surface area (Å²) < 4.78 is 53.3. The number of alkyl halides is 3. The molecular weight excluding hydrogens is 446 g/mol. The highest BCUT2D eigenvalue weighted by molar-refractivity contribution is 6.33. The zero-order chi connectivity index (χ0) is 23.8. The summed E-state index contributed by atoms with van der Waals surface area (Å²) in [6, 6.07) is 6.22. The number of allylic oxidation sites excluding steroid dienone is 4. The highest BCUT2D eigenvalue weighted by Gasteiger charge is 2.31. The van der Waals surface area contributed by atoms with E-state index in [1.807, 2.05) is 0 Å². The average Bonchev–Trinajstić information content (AvgIpc) is 2.68. The summed E-state index contributed by atoms with van der Waals surface area (Å²) in [5.74, 6) is -1.77. The molecule has 0 aromatic heterocycles. The topological polar surface area (TPSA) is 40.5 Å². The molecule has 166 valence electrons. The van der Waals surface area contributed by atoms with Gasteiger partial charge in [0, 0.05) is 22.5 Å². The third kappa shape index (κ3) is 4.62. The van der Waals surface area contributed by atoms with E-state index >= 15 is 0 Å². The second-order valence-corrected chi connectivity index (χ2v) is 7.60. The van der Waals surface area contributed by atoms with Gasteiger partial charge in [-0.1, -0.05) is 30.3 Å². The summed E-state index contributed by atoms with van der Waals surface area (Å²) in [7, 11) is 0. The monoisotopic (exact) mass is 463 g/mol. The van der Waals surface area contributed by atoms with Crippen LogP contribution in [0.5, 0.6) is 0 Å². The predicted octanol–water partition coefficient (Wildman–Crippen LogP) is 7.27. The number of aliphatic hydroxyl groups is 1. The van der Waals surface area contributed by atoms with Crippen LogP contribution in [0.2, 0.25) is 5.02 Å². The molecule has 1 aliphatic rings. The Kier molecular flexibility index (Phi) is 6.32. The molecule has 0 atom stereocenters. The molecule has 0 bridgehead atoms. The molecule has 0 saturated carbocycles. The van der Waals surface area contributed by atoms with Gasteiger partial charge in [0.15, 0.2) is 0 Å². The van der Waals surface area contributed by atoms with Crippen LogP contribution in [0.4, 0.5) is 17.6 Å². The first-order valence-electron chi connectivity index (χ1n) is 9.36. The molecule has 8 heteroatoms. The third-order valence-corrected chi connectivity index (χ3v) is 5.23. The van der Waals surface area contributed by atoms with Crippen molar-refractivity contribution >= 4 is 23.1 Å². The second-order valence-electron chi connectivity index (χ2n) is 7.19. The minimum Gasteiger partial charge on any atom is -0.512 e. The molecule has 2 aromatic carbocycles. The molecule has 0 fully saturated rings. The number of benzene rings is 2. The van der Waals surface area contributed by atoms with Gasteiger partial charge < -0.3 is 5.11 Å². The van der Waals surface area contributed by atoms with E-state index in [0.29, 0.717) is 5.70 Å². The average molecular weight is 464 g/mol. The highest BCUT2D eigenvalue weighted by Crippen LogP contribution is 2.37. The van der Waals surface area contributed by atoms with Crippen LogP contribution in [-0.2, 0) is 11.0 Å². The number of rotatable bonds is 3. The van der Waals surface area contributed by atoms with Crippen molar-refractivity contribution < 1.29 is 27.5 Å². The van der Waals surface area contributed by atoms with Gasteiger partial charge in [-0.15, -0.1) is 0 Å². The van der Waals surface area contributed by atoms with E-state index in [-0.39, 0.29) is 33.0 Å². The minimum absolute atomic E-state index is 0.0365. The zero-order valence-corrected chi connectivity index (χ0v) is 17.9. The normalized spacial score (nSPS) is 14.9. The van der Waals surface area contributed by atoms with E-state index in [9.17, 15) is 27.5 Å². The maximum atomic E-state index is 14.5. The van der Waals surface area contributed by atoms with Crippen molar-refractivity contribution in [2.45, 2.75) is 20.0 Å². The Morgan fingerprint density at radius 1 is 1.16 bits per heavy atom. The van der Waals surface area contributed by atoms with Crippen LogP contribution in [0.3, 0.4) is 0 Å². The van der Waals surface area contributed by atoms with E-state index < -0.39 is 23.5 Å². The standard InChI is InChI=1S/C24H18ClF4NO2/c1-13-5-4-8-30(14(13)2)23(32)22(15(3)31)17-9-16(10-19(26)11-17)20-7-6-18(12-21(20)25)24(27,28)29/h4-12,31H,2H2,1,3H3/b22-15+. The van der Waals surface area contributed by atoms with E-state index in [4.69, 9.17) is 11.6 Å². The van der Waals surface area contributed by atoms with Crippen LogP contribution < -0.4 is 0 Å². The summed E-state index contributed by atoms with van der Waals surface area (Å²) in [5, 5.41) is 10.0. The van der Waals surface area contributed by atoms with Crippen molar-refractivity contribution in [3.8, 4) is 11.1 Å². The first-order chi connectivity index (χ1) is 14.9. The quantitative estimate of drug-likeness (QED) is 0.295. The smallest absolute Gasteiger partial charge is 0.416 e. The number of carbonyl (C=O) groups excluding carboxylic acids is 1. The molecule has 3 rings (SSSR count). The molecule has 0 unspecified atom stereocenters. The van der Waals surface area contributed by atoms with E-state index in [0.717, 1.165) is 35.9 Å². The molecule has 1 heterocycles. The van der Waals surface area contributed by atoms with Gasteiger partial charge in [0.05, 0.1) is 11.1 Å². The summed E-state index contributed by atoms with van der Waals surface area (Å²) in [5.41, 5.74) is 0.316. The lowest BCUT2D eigenvalue weighted by molar-refractivity contribution is -0.137. The van der Waals surface area contributed by atoms with Crippen LogP contribution in [0.15, 0.2) is 78.4 Å². The van der Waals surface area contributed by atoms with Gasteiger partial charge in [-0.2, -0.15) is 13.2 Å². The van der Waals surface area contributed by atoms with Gasteiger partial charge in [0.1, 0.15) is 11.6 Å². The SMILES string of the molecule is C=C1C(C)=CC=CN1C(=O)/C(=C(\C)O)c1cc(F)cc(-c2ccc(C(F)(F)F)cc2Cl)c1. The second kappa shape index (κ2) is 8.67. The van der Waals surface area contributed by atoms with Crippen molar-refractivity contribution in [1.29, 1.82) is 0 Å². The van der Waals surface area contributed by atoms with Crippen molar-refractivity contribution in [1.82, 2.24) is 4.90 Å². The highest BCUT2D eigenvalue weighted by atomic mass is 35.5. The van der Waals surface area contributed by atoms with Gasteiger partial charge in [0.2, 0.25) is 0 Å². The molecular formula is C24H18ClF4NO2. The Morgan fingerprint density at radius 3 is 2.44 bits per heavy atom. The molecule has 3 nitrogen and oxygen atoms in total. The molecule has 0 saturated heterocycles. The fraction of sp³-hybridized carbons (Fsp3) is 0.125. The maximum Gasteiger partial charge on any atom is 0.416 e. The zero-order valence-electron chi connectivity index (χ0n) is 17.1. The Balaban J connectivity index is 2.08. The lowest BCUT2D eigenvalue weighted by Crippen LogP contribution is -2.28. The van der Waals surface area contributed by atoms with Crippen LogP contribution in [-0.4, -0.2) is 15.9 Å². The van der Waals surface area contributed by atoms with Crippen LogP contribution in [0.25, 0.3) is 16.7 Å². The fourth-order valence-electron chi connectivity index (χ4n) is 3.26. The molecule has 0 radical (unpaired) electrons. The van der Waals surface area contributed by atoms with Crippen molar-refractivity contribution in [3.63, 3.8) is 0 Å². The summed E-state index contributed by atoms with van der Waals surface area (Å²) >= 11 is 6.05. The van der Waals surface area contributed by atoms with E-state index in [2.05, 4.69) is 6.58 Å². The van der Waals surface area contributed by atoms with Gasteiger partial charge in [-0.05, 0) is 67.0 Å². The van der Waals surface area contributed by atoms with Gasteiger partial charge >= 0.3 is 6.18 Å². The summed E-state index contributed by atoms with van der Waals surface area (Å²) in [6.45, 7) is 6.89. The number of hydrogen-bond acceptors (Lipinski definition) is 2. The lowest BCUT2D eigenvalue weighted by atomic mass is 9.96. The van der Waals surface area contributed by atoms with Gasteiger partial charge in [0.25, 0.3) is 5.91 Å². The number of halogens is 5. The Morgan fingerprint density at radius 2 is 1.84 bits per heavy atom. The lowest BCUT2D eigenvalue weighted by Gasteiger charge is -2.25. The van der Waals surface area contributed by atoms with E-state index in [1.165, 1.54) is 24.1 Å². The molecule has 1 amide bonds. The first-order valence-corrected chi connectivity index (χ1v) is 9.73. The van der Waals surface area contributed by atoms with Crippen LogP contribution in [0.1, 0.15) is 25.0 Å². The third-order valence-electron chi connectivity index (χ3n) is 4.92. The minimum atomic E-state index is -4.58. The number of hydrogen-bond donors (Lipinski definition) is 1. The van der Waals surface area contributed by atoms with Crippen LogP contribution in [0, 0.1) is 5.82 Å². The fourth-order valence-corrected chi connectivity index (χ4v) is 3.55. The Labute approximate surface area is 187 Å². The number of aliphatic hydroxyl groups excluding tert-OH is 1. The van der Waals surface area contributed by atoms with E-state index in [1.54, 1.807) is 19.1 Å². The van der Waals surface area contributed by atoms with Crippen molar-refractivity contribution in [3.05, 3.63) is 100 Å². The predicted molar refractivity (Wildman–Crippen MR) is 116 cm³/mol. The molecule has 0 spiro atoms. The Bertz CT molecular complexity index is 1200. The number of carbonyl (C=O) groups is 1. The summed E-state index contributed by atoms with van der Waals surface area (Å²) in [4.78, 5) is 14.4. The maximum absolute atomic E-state index is 14.5. The molecule has 1 N–H and O–H groups in total.